The first-order valence-electron chi connectivity index (χ1n) is 31.9. The van der Waals surface area contributed by atoms with Crippen LogP contribution in [0, 0.1) is 20.8 Å². The number of pyridine rings is 1. The molecule has 396 valence electrons. The third-order valence-corrected chi connectivity index (χ3v) is 15.8. The number of hydrogen-bond acceptors (Lipinski definition) is 7. The van der Waals surface area contributed by atoms with Crippen LogP contribution in [0.4, 0.5) is 11.4 Å². The molecule has 0 bridgehead atoms. The lowest BCUT2D eigenvalue weighted by atomic mass is 9.82. The van der Waals surface area contributed by atoms with Gasteiger partial charge in [0.2, 0.25) is 0 Å². The normalized spacial score (nSPS) is 14.7. The highest BCUT2D eigenvalue weighted by molar-refractivity contribution is 6.11. The Morgan fingerprint density at radius 1 is 0.512 bits per heavy atom. The van der Waals surface area contributed by atoms with Gasteiger partial charge in [0.25, 0.3) is 0 Å². The molecule has 0 amide bonds. The van der Waals surface area contributed by atoms with Crippen LogP contribution in [0.3, 0.4) is 0 Å². The third-order valence-electron chi connectivity index (χ3n) is 15.8. The molecule has 4 heterocycles. The van der Waals surface area contributed by atoms with Crippen molar-refractivity contribution in [3.63, 3.8) is 0 Å². The molecule has 0 atom stereocenters. The molecule has 1 aliphatic heterocycles. The monoisotopic (exact) mass is 1060 g/mol. The van der Waals surface area contributed by atoms with Gasteiger partial charge in [-0.1, -0.05) is 166 Å². The average molecular weight is 1060 g/mol. The van der Waals surface area contributed by atoms with Crippen molar-refractivity contribution >= 4 is 33.2 Å². The summed E-state index contributed by atoms with van der Waals surface area (Å²) in [6, 6.07) is 39.6. The first-order chi connectivity index (χ1) is 42.7. The summed E-state index contributed by atoms with van der Waals surface area (Å²) in [5, 5.41) is 1.91. The molecule has 0 saturated heterocycles. The zero-order valence-electron chi connectivity index (χ0n) is 56.7. The topological polar surface area (TPSA) is 72.2 Å². The lowest BCUT2D eigenvalue weighted by molar-refractivity contribution is 0.484. The summed E-state index contributed by atoms with van der Waals surface area (Å²) in [5.41, 5.74) is 7.22. The number of fused-ring (bicyclic) bond motifs is 3. The first kappa shape index (κ1) is 41.0. The molecule has 0 unspecified atom stereocenters. The van der Waals surface area contributed by atoms with Gasteiger partial charge in [-0.2, -0.15) is 0 Å². The summed E-state index contributed by atoms with van der Waals surface area (Å²) in [5.74, 6) is 3.20. The number of nitrogens with zero attached hydrogens (tertiary/aromatic N) is 7. The highest BCUT2D eigenvalue weighted by Gasteiger charge is 2.34. The summed E-state index contributed by atoms with van der Waals surface area (Å²) in [7, 11) is 0. The van der Waals surface area contributed by atoms with Gasteiger partial charge in [0.05, 0.1) is 42.7 Å². The molecule has 0 N–H and O–H groups in total. The van der Waals surface area contributed by atoms with Crippen molar-refractivity contribution in [1.82, 2.24) is 24.5 Å². The molecule has 0 saturated carbocycles. The van der Waals surface area contributed by atoms with Crippen LogP contribution in [-0.2, 0) is 16.2 Å². The lowest BCUT2D eigenvalue weighted by Gasteiger charge is -2.30. The Balaban J connectivity index is 1.05. The predicted octanol–water partition coefficient (Wildman–Crippen LogP) is 17.8. The molecular weight excluding hydrogens is 979 g/mol. The van der Waals surface area contributed by atoms with Crippen molar-refractivity contribution < 1.29 is 18.4 Å². The average Bonchev–Trinajstić information content (AvgIpc) is 1.18. The number of ether oxygens (including phenoxy) is 1. The smallest absolute Gasteiger partial charge is 0.167 e. The number of para-hydroxylation sites is 1. The fraction of sp³-hybridized carbons (Fsp3) is 0.194. The van der Waals surface area contributed by atoms with Gasteiger partial charge < -0.3 is 14.5 Å². The van der Waals surface area contributed by atoms with E-state index in [2.05, 4.69) is 108 Å². The van der Waals surface area contributed by atoms with Crippen LogP contribution in [0.2, 0.25) is 0 Å². The molecule has 0 radical (unpaired) electrons. The van der Waals surface area contributed by atoms with Gasteiger partial charge in [-0.15, -0.1) is 0 Å². The minimum absolute atomic E-state index is 0.0749. The molecule has 8 aromatic carbocycles. The van der Waals surface area contributed by atoms with E-state index in [4.69, 9.17) is 32.9 Å². The van der Waals surface area contributed by atoms with E-state index in [-0.39, 0.29) is 34.3 Å². The van der Waals surface area contributed by atoms with Gasteiger partial charge in [0.15, 0.2) is 5.82 Å². The minimum atomic E-state index is -0.683. The van der Waals surface area contributed by atoms with E-state index in [0.29, 0.717) is 62.6 Å². The Kier molecular flexibility index (Phi) is 10.4. The molecule has 3 aromatic heterocycles. The number of rotatable bonds is 12. The lowest BCUT2D eigenvalue weighted by Crippen LogP contribution is -2.29. The Labute approximate surface area is 484 Å². The van der Waals surface area contributed by atoms with E-state index in [0.717, 1.165) is 44.3 Å². The maximum absolute atomic E-state index is 9.28. The Bertz CT molecular complexity index is 4550. The van der Waals surface area contributed by atoms with Gasteiger partial charge in [-0.05, 0) is 135 Å². The van der Waals surface area contributed by atoms with Crippen LogP contribution < -0.4 is 14.5 Å². The number of anilines is 2. The minimum Gasteiger partial charge on any atom is -0.456 e. The Hall–Kier alpha value is -9.14. The van der Waals surface area contributed by atoms with Crippen LogP contribution in [0.25, 0.3) is 61.3 Å². The standard InChI is InChI=1S/C72H67N7O/c1-47-48(2)64(50-26-15-11-16-27-50)66(65(49(47)3)51-28-17-12-18-29-51)78-41-40-77(46-78)55-34-25-35-56(43-55)80-62-45-61-58(57-36-23-24-37-60(57)79(61)63-42-54(38-39-73-63)70(4,5)6)44-59(62)67-74-68(71(7,8)52-30-19-13-20-31-52)76-69(75-67)72(9,10)53-32-21-14-22-33-53/h11-45H,46H2,1-10H3/i11D,12D,15D,16D,17D,18D,26D,27D,28D,29D. The maximum atomic E-state index is 9.28. The van der Waals surface area contributed by atoms with Gasteiger partial charge >= 0.3 is 0 Å². The number of aromatic nitrogens is 5. The van der Waals surface area contributed by atoms with E-state index in [1.807, 2.05) is 122 Å². The zero-order valence-corrected chi connectivity index (χ0v) is 46.7. The van der Waals surface area contributed by atoms with Crippen molar-refractivity contribution in [2.75, 3.05) is 16.5 Å². The fourth-order valence-corrected chi connectivity index (χ4v) is 10.9. The van der Waals surface area contributed by atoms with Crippen molar-refractivity contribution in [2.45, 2.75) is 85.5 Å². The van der Waals surface area contributed by atoms with Gasteiger partial charge in [-0.25, -0.2) is 19.9 Å². The van der Waals surface area contributed by atoms with Crippen LogP contribution in [0.15, 0.2) is 212 Å². The number of hydrogen-bond donors (Lipinski definition) is 0. The molecule has 0 fully saturated rings. The SMILES string of the molecule is [2H]c1c([2H])c([2H])c(-c2c(C)c(C)c(C)c(-c3c([2H])c([2H])c([2H])c([2H])c3[2H])c2N2C=CN(c3cccc(Oc4cc5c(cc4-c4nc(C(C)(C)c6ccccc6)nc(C(C)(C)c6ccccc6)n4)c4ccccc4n5-c4cc(C(C)(C)C)ccn4)c3)C2)c([2H])c1[2H]. The van der Waals surface area contributed by atoms with Gasteiger partial charge in [-0.3, -0.25) is 4.57 Å². The van der Waals surface area contributed by atoms with Crippen molar-refractivity contribution in [3.05, 3.63) is 258 Å². The van der Waals surface area contributed by atoms with E-state index in [9.17, 15) is 5.48 Å². The molecule has 8 nitrogen and oxygen atoms in total. The first-order valence-corrected chi connectivity index (χ1v) is 26.9. The van der Waals surface area contributed by atoms with Crippen molar-refractivity contribution in [1.29, 1.82) is 0 Å². The molecule has 0 spiro atoms. The highest BCUT2D eigenvalue weighted by Crippen LogP contribution is 2.48. The highest BCUT2D eigenvalue weighted by atomic mass is 16.5. The molecule has 1 aliphatic rings. The summed E-state index contributed by atoms with van der Waals surface area (Å²) >= 11 is 0. The summed E-state index contributed by atoms with van der Waals surface area (Å²) < 4.78 is 98.7. The Morgan fingerprint density at radius 3 is 1.69 bits per heavy atom. The quantitative estimate of drug-likeness (QED) is 0.121. The third kappa shape index (κ3) is 9.28. The molecule has 12 rings (SSSR count). The molecule has 8 heteroatoms. The summed E-state index contributed by atoms with van der Waals surface area (Å²) in [4.78, 5) is 25.0. The van der Waals surface area contributed by atoms with E-state index in [1.165, 1.54) is 0 Å². The van der Waals surface area contributed by atoms with Crippen LogP contribution in [-0.4, -0.2) is 31.2 Å². The molecule has 11 aromatic rings. The van der Waals surface area contributed by atoms with E-state index < -0.39 is 71.3 Å². The second-order valence-corrected chi connectivity index (χ2v) is 22.6. The molecule has 0 aliphatic carbocycles. The Morgan fingerprint density at radius 2 is 1.09 bits per heavy atom. The summed E-state index contributed by atoms with van der Waals surface area (Å²) in [6.07, 6.45) is 5.48. The second kappa shape index (κ2) is 20.3. The summed E-state index contributed by atoms with van der Waals surface area (Å²) in [6.45, 7) is 20.6. The second-order valence-electron chi connectivity index (χ2n) is 22.6. The van der Waals surface area contributed by atoms with Crippen LogP contribution >= 0.6 is 0 Å². The van der Waals surface area contributed by atoms with Crippen molar-refractivity contribution in [3.8, 4) is 51.0 Å². The van der Waals surface area contributed by atoms with E-state index in [1.54, 1.807) is 6.20 Å². The van der Waals surface area contributed by atoms with E-state index >= 15 is 0 Å². The fourth-order valence-electron chi connectivity index (χ4n) is 10.9. The predicted molar refractivity (Wildman–Crippen MR) is 330 cm³/mol. The zero-order chi connectivity index (χ0) is 64.2. The number of benzene rings is 8. The van der Waals surface area contributed by atoms with Crippen LogP contribution in [0.1, 0.15) is 107 Å². The largest absolute Gasteiger partial charge is 0.456 e. The molecular formula is C72H67N7O. The van der Waals surface area contributed by atoms with Gasteiger partial charge in [0.1, 0.15) is 29.0 Å². The van der Waals surface area contributed by atoms with Gasteiger partial charge in [0, 0.05) is 69.1 Å². The molecule has 80 heavy (non-hydrogen) atoms. The maximum Gasteiger partial charge on any atom is 0.167 e. The van der Waals surface area contributed by atoms with Crippen molar-refractivity contribution in [2.24, 2.45) is 0 Å². The van der Waals surface area contributed by atoms with Crippen LogP contribution in [0.5, 0.6) is 11.5 Å².